The lowest BCUT2D eigenvalue weighted by Gasteiger charge is -2.61. The van der Waals surface area contributed by atoms with Crippen LogP contribution in [0.15, 0.2) is 11.4 Å². The number of carbonyl (C=O) groups excluding carboxylic acids is 5. The highest BCUT2D eigenvalue weighted by Gasteiger charge is 2.70. The molecule has 7 amide bonds. The first kappa shape index (κ1) is 26.6. The minimum absolute atomic E-state index is 0.207. The van der Waals surface area contributed by atoms with Gasteiger partial charge >= 0.3 is 18.0 Å². The number of amides is 7. The van der Waals surface area contributed by atoms with Crippen LogP contribution in [-0.4, -0.2) is 91.7 Å². The molecule has 0 atom stereocenters. The van der Waals surface area contributed by atoms with Gasteiger partial charge in [0.1, 0.15) is 16.9 Å². The second-order valence-corrected chi connectivity index (χ2v) is 12.8. The number of carboxylic acids is 1. The lowest BCUT2D eigenvalue weighted by molar-refractivity contribution is -0.159. The molecule has 2 saturated heterocycles. The Morgan fingerprint density at radius 3 is 2.08 bits per heavy atom. The predicted molar refractivity (Wildman–Crippen MR) is 138 cm³/mol. The highest BCUT2D eigenvalue weighted by Crippen LogP contribution is 2.62. The van der Waals surface area contributed by atoms with Gasteiger partial charge in [0, 0.05) is 25.7 Å². The summed E-state index contributed by atoms with van der Waals surface area (Å²) in [7, 11) is 1.47. The first-order chi connectivity index (χ1) is 18.9. The molecule has 2 spiro atoms. The van der Waals surface area contributed by atoms with Crippen molar-refractivity contribution in [3.63, 3.8) is 0 Å². The number of imide groups is 3. The van der Waals surface area contributed by atoms with Gasteiger partial charge in [-0.3, -0.25) is 33.9 Å². The minimum Gasteiger partial charge on any atom is -0.481 e. The third-order valence-electron chi connectivity index (χ3n) is 10.5. The van der Waals surface area contributed by atoms with Gasteiger partial charge in [0.05, 0.1) is 5.92 Å². The summed E-state index contributed by atoms with van der Waals surface area (Å²) < 4.78 is 0. The molecular weight excluding hydrogens is 520 g/mol. The Morgan fingerprint density at radius 1 is 0.925 bits per heavy atom. The van der Waals surface area contributed by atoms with Crippen molar-refractivity contribution >= 4 is 35.8 Å². The summed E-state index contributed by atoms with van der Waals surface area (Å²) in [5.74, 6) is -3.31. The molecular formula is C27H36N6O7. The maximum absolute atomic E-state index is 13.5. The van der Waals surface area contributed by atoms with Gasteiger partial charge in [-0.1, -0.05) is 6.42 Å². The largest absolute Gasteiger partial charge is 0.481 e. The maximum atomic E-state index is 13.5. The molecule has 0 aromatic carbocycles. The number of barbiturate groups is 1. The van der Waals surface area contributed by atoms with E-state index < -0.39 is 47.1 Å². The molecule has 0 unspecified atom stereocenters. The summed E-state index contributed by atoms with van der Waals surface area (Å²) in [6.07, 6.45) is 6.80. The maximum Gasteiger partial charge on any atom is 0.334 e. The van der Waals surface area contributed by atoms with E-state index in [2.05, 4.69) is 0 Å². The zero-order valence-corrected chi connectivity index (χ0v) is 22.6. The van der Waals surface area contributed by atoms with E-state index in [1.165, 1.54) is 7.05 Å². The van der Waals surface area contributed by atoms with Crippen LogP contribution >= 0.6 is 0 Å². The molecule has 0 aromatic rings. The summed E-state index contributed by atoms with van der Waals surface area (Å²) in [5, 5.41) is 9.30. The van der Waals surface area contributed by atoms with Gasteiger partial charge in [-0.15, -0.1) is 0 Å². The molecule has 13 nitrogen and oxygen atoms in total. The van der Waals surface area contributed by atoms with Crippen LogP contribution in [0.25, 0.3) is 0 Å². The second kappa shape index (κ2) is 8.93. The van der Waals surface area contributed by atoms with Crippen LogP contribution < -0.4 is 11.5 Å². The molecule has 2 heterocycles. The molecule has 0 bridgehead atoms. The summed E-state index contributed by atoms with van der Waals surface area (Å²) in [4.78, 5) is 82.4. The lowest BCUT2D eigenvalue weighted by atomic mass is 9.50. The Morgan fingerprint density at radius 2 is 1.55 bits per heavy atom. The van der Waals surface area contributed by atoms with Crippen LogP contribution in [0.4, 0.5) is 9.59 Å². The van der Waals surface area contributed by atoms with E-state index >= 15 is 0 Å². The molecule has 6 rings (SSSR count). The van der Waals surface area contributed by atoms with Gasteiger partial charge in [-0.05, 0) is 75.5 Å². The van der Waals surface area contributed by atoms with Crippen LogP contribution in [0.5, 0.6) is 0 Å². The van der Waals surface area contributed by atoms with E-state index in [4.69, 9.17) is 11.5 Å². The number of hydrogen-bond acceptors (Lipinski definition) is 8. The normalized spacial score (nSPS) is 36.4. The number of carboxylic acid groups (broad SMARTS) is 1. The fraction of sp³-hybridized carbons (Fsp3) is 0.704. The van der Waals surface area contributed by atoms with Crippen LogP contribution in [-0.2, 0) is 19.2 Å². The van der Waals surface area contributed by atoms with E-state index in [9.17, 15) is 33.9 Å². The molecule has 0 aromatic heterocycles. The lowest BCUT2D eigenvalue weighted by Crippen LogP contribution is -2.68. The topological polar surface area (TPSA) is 188 Å². The minimum atomic E-state index is -0.959. The van der Waals surface area contributed by atoms with Gasteiger partial charge in [-0.25, -0.2) is 9.59 Å². The molecule has 6 fully saturated rings. The first-order valence-corrected chi connectivity index (χ1v) is 14.2. The molecule has 40 heavy (non-hydrogen) atoms. The number of aliphatic carboxylic acids is 1. The molecule has 216 valence electrons. The van der Waals surface area contributed by atoms with Gasteiger partial charge in [0.15, 0.2) is 0 Å². The number of rotatable bonds is 5. The number of nitrogens with two attached hydrogens (primary N) is 2. The Labute approximate surface area is 231 Å². The van der Waals surface area contributed by atoms with E-state index in [0.717, 1.165) is 34.0 Å². The number of hydrogen-bond donors (Lipinski definition) is 3. The molecule has 4 aliphatic carbocycles. The van der Waals surface area contributed by atoms with E-state index in [-0.39, 0.29) is 41.4 Å². The molecule has 6 aliphatic rings. The average Bonchev–Trinajstić information content (AvgIpc) is 2.99. The molecule has 4 saturated carbocycles. The standard InChI is InChI=1S/C27H36N6O7/c1-30-23(38)27(33(24(30)39)17-9-15(10-17)22(36)37)12-26(13-27)7-5-16(6-8-26)32-21(35)18(19(28)29)20(34)31(25(32)40)11-14-3-2-4-14/h14-17H,2-13,28-29H2,1H3,(H,36,37). The van der Waals surface area contributed by atoms with Crippen LogP contribution in [0.3, 0.4) is 0 Å². The van der Waals surface area contributed by atoms with Crippen molar-refractivity contribution in [3.8, 4) is 0 Å². The number of urea groups is 2. The molecule has 2 aliphatic heterocycles. The summed E-state index contributed by atoms with van der Waals surface area (Å²) in [6.45, 7) is 0.237. The SMILES string of the molecule is CN1C(=O)N(C2CC(C(=O)O)C2)C2(CC3(CCC(N4C(=O)C(=C(N)N)C(=O)N(CC5CCC5)C4=O)CC3)C2)C1=O. The highest BCUT2D eigenvalue weighted by molar-refractivity contribution is 6.29. The number of likely N-dealkylation sites (N-methyl/N-ethyl adjacent to an activating group) is 1. The number of nitrogens with zero attached hydrogens (tertiary/aromatic N) is 4. The van der Waals surface area contributed by atoms with Crippen molar-refractivity contribution in [2.75, 3.05) is 13.6 Å². The Hall–Kier alpha value is -3.64. The van der Waals surface area contributed by atoms with Crippen molar-refractivity contribution in [3.05, 3.63) is 11.4 Å². The quantitative estimate of drug-likeness (QED) is 0.251. The van der Waals surface area contributed by atoms with E-state index in [1.54, 1.807) is 4.90 Å². The predicted octanol–water partition coefficient (Wildman–Crippen LogP) is 0.925. The van der Waals surface area contributed by atoms with Crippen LogP contribution in [0.2, 0.25) is 0 Å². The van der Waals surface area contributed by atoms with Crippen molar-refractivity contribution in [2.24, 2.45) is 28.7 Å². The zero-order chi connectivity index (χ0) is 28.7. The van der Waals surface area contributed by atoms with Gasteiger partial charge < -0.3 is 21.5 Å². The summed E-state index contributed by atoms with van der Waals surface area (Å²) >= 11 is 0. The first-order valence-electron chi connectivity index (χ1n) is 14.2. The van der Waals surface area contributed by atoms with Crippen molar-refractivity contribution < 1.29 is 33.9 Å². The van der Waals surface area contributed by atoms with Gasteiger partial charge in [0.25, 0.3) is 17.7 Å². The smallest absolute Gasteiger partial charge is 0.334 e. The van der Waals surface area contributed by atoms with Gasteiger partial charge in [-0.2, -0.15) is 0 Å². The Balaban J connectivity index is 1.16. The monoisotopic (exact) mass is 556 g/mol. The fourth-order valence-electron chi connectivity index (χ4n) is 8.00. The molecule has 0 radical (unpaired) electrons. The Kier molecular flexibility index (Phi) is 5.94. The zero-order valence-electron chi connectivity index (χ0n) is 22.6. The summed E-state index contributed by atoms with van der Waals surface area (Å²) in [5.41, 5.74) is 9.93. The number of carbonyl (C=O) groups is 6. The average molecular weight is 557 g/mol. The van der Waals surface area contributed by atoms with Crippen LogP contribution in [0.1, 0.15) is 70.6 Å². The summed E-state index contributed by atoms with van der Waals surface area (Å²) in [6, 6.07) is -1.70. The van der Waals surface area contributed by atoms with Crippen molar-refractivity contribution in [2.45, 2.75) is 88.3 Å². The third-order valence-corrected chi connectivity index (χ3v) is 10.5. The molecule has 13 heteroatoms. The second-order valence-electron chi connectivity index (χ2n) is 12.8. The van der Waals surface area contributed by atoms with Crippen molar-refractivity contribution in [1.82, 2.24) is 19.6 Å². The Bertz CT molecular complexity index is 1230. The van der Waals surface area contributed by atoms with Gasteiger partial charge in [0.2, 0.25) is 0 Å². The fourth-order valence-corrected chi connectivity index (χ4v) is 8.00. The third kappa shape index (κ3) is 3.65. The van der Waals surface area contributed by atoms with Crippen LogP contribution in [0, 0.1) is 17.3 Å². The molecule has 5 N–H and O–H groups in total. The van der Waals surface area contributed by atoms with E-state index in [1.807, 2.05) is 0 Å². The van der Waals surface area contributed by atoms with Crippen molar-refractivity contribution in [1.29, 1.82) is 0 Å². The van der Waals surface area contributed by atoms with E-state index in [0.29, 0.717) is 51.4 Å². The highest BCUT2D eigenvalue weighted by atomic mass is 16.4.